The molecule has 0 radical (unpaired) electrons. The number of hydrogen-bond acceptors (Lipinski definition) is 4. The van der Waals surface area contributed by atoms with Gasteiger partial charge in [-0.2, -0.15) is 5.10 Å². The second kappa shape index (κ2) is 6.10. The Bertz CT molecular complexity index is 591. The first-order valence-electron chi connectivity index (χ1n) is 9.07. The van der Waals surface area contributed by atoms with Gasteiger partial charge in [-0.15, -0.1) is 5.10 Å². The Morgan fingerprint density at radius 1 is 1.22 bits per heavy atom. The smallest absolute Gasteiger partial charge is 0.222 e. The number of hydrogen-bond donors (Lipinski definition) is 0. The van der Waals surface area contributed by atoms with Crippen LogP contribution in [0.25, 0.3) is 0 Å². The monoisotopic (exact) mass is 314 g/mol. The number of amides is 1. The molecule has 1 aromatic heterocycles. The normalized spacial score (nSPS) is 21.3. The summed E-state index contributed by atoms with van der Waals surface area (Å²) >= 11 is 0. The van der Waals surface area contributed by atoms with Gasteiger partial charge in [0.2, 0.25) is 5.91 Å². The van der Waals surface area contributed by atoms with E-state index in [1.165, 1.54) is 43.4 Å². The molecule has 3 aliphatic rings. The molecule has 1 amide bonds. The maximum atomic E-state index is 12.4. The lowest BCUT2D eigenvalue weighted by Crippen LogP contribution is -2.60. The molecule has 2 fully saturated rings. The SMILES string of the molecule is CN(C(=O)CC1CCCC1)C1CN(c2cc3c(nn2)CCC3)C1. The van der Waals surface area contributed by atoms with Crippen LogP contribution in [0.5, 0.6) is 0 Å². The minimum Gasteiger partial charge on any atom is -0.351 e. The molecule has 4 rings (SSSR count). The summed E-state index contributed by atoms with van der Waals surface area (Å²) in [5.74, 6) is 1.93. The molecule has 0 unspecified atom stereocenters. The highest BCUT2D eigenvalue weighted by atomic mass is 16.2. The number of aryl methyl sites for hydroxylation is 2. The highest BCUT2D eigenvalue weighted by Gasteiger charge is 2.34. The number of likely N-dealkylation sites (N-methyl/N-ethyl adjacent to an activating group) is 1. The van der Waals surface area contributed by atoms with Gasteiger partial charge in [0.25, 0.3) is 0 Å². The lowest BCUT2D eigenvalue weighted by atomic mass is 10.0. The number of anilines is 1. The molecule has 2 heterocycles. The second-order valence-corrected chi connectivity index (χ2v) is 7.45. The van der Waals surface area contributed by atoms with Gasteiger partial charge >= 0.3 is 0 Å². The van der Waals surface area contributed by atoms with Crippen molar-refractivity contribution in [1.29, 1.82) is 0 Å². The maximum Gasteiger partial charge on any atom is 0.222 e. The van der Waals surface area contributed by atoms with E-state index in [1.54, 1.807) is 0 Å². The highest BCUT2D eigenvalue weighted by molar-refractivity contribution is 5.77. The summed E-state index contributed by atoms with van der Waals surface area (Å²) in [4.78, 5) is 16.6. The fraction of sp³-hybridized carbons (Fsp3) is 0.722. The fourth-order valence-corrected chi connectivity index (χ4v) is 4.17. The van der Waals surface area contributed by atoms with E-state index in [4.69, 9.17) is 0 Å². The third kappa shape index (κ3) is 2.93. The van der Waals surface area contributed by atoms with Gasteiger partial charge in [0.1, 0.15) is 0 Å². The van der Waals surface area contributed by atoms with Gasteiger partial charge in [0.15, 0.2) is 5.82 Å². The van der Waals surface area contributed by atoms with Crippen LogP contribution in [0.15, 0.2) is 6.07 Å². The first-order chi connectivity index (χ1) is 11.2. The number of aromatic nitrogens is 2. The van der Waals surface area contributed by atoms with Crippen LogP contribution >= 0.6 is 0 Å². The molecule has 0 bridgehead atoms. The van der Waals surface area contributed by atoms with E-state index in [-0.39, 0.29) is 0 Å². The molecular weight excluding hydrogens is 288 g/mol. The predicted octanol–water partition coefficient (Wildman–Crippen LogP) is 2.19. The Balaban J connectivity index is 1.31. The van der Waals surface area contributed by atoms with Gasteiger partial charge in [-0.1, -0.05) is 12.8 Å². The Morgan fingerprint density at radius 2 is 2.00 bits per heavy atom. The second-order valence-electron chi connectivity index (χ2n) is 7.45. The number of carbonyl (C=O) groups excluding carboxylic acids is 1. The molecule has 124 valence electrons. The molecule has 1 saturated carbocycles. The van der Waals surface area contributed by atoms with Crippen molar-refractivity contribution in [3.8, 4) is 0 Å². The Labute approximate surface area is 138 Å². The molecule has 0 spiro atoms. The van der Waals surface area contributed by atoms with E-state index in [0.29, 0.717) is 17.9 Å². The minimum absolute atomic E-state index is 0.321. The van der Waals surface area contributed by atoms with E-state index in [1.807, 2.05) is 11.9 Å². The zero-order chi connectivity index (χ0) is 15.8. The van der Waals surface area contributed by atoms with Gasteiger partial charge in [-0.3, -0.25) is 4.79 Å². The first-order valence-corrected chi connectivity index (χ1v) is 9.07. The summed E-state index contributed by atoms with van der Waals surface area (Å²) in [6.45, 7) is 1.78. The third-order valence-electron chi connectivity index (χ3n) is 5.87. The van der Waals surface area contributed by atoms with Crippen molar-refractivity contribution in [3.05, 3.63) is 17.3 Å². The average Bonchev–Trinajstić information content (AvgIpc) is 3.16. The van der Waals surface area contributed by atoms with Gasteiger partial charge in [-0.25, -0.2) is 0 Å². The molecule has 1 aromatic rings. The molecule has 5 nitrogen and oxygen atoms in total. The van der Waals surface area contributed by atoms with Crippen molar-refractivity contribution < 1.29 is 4.79 Å². The van der Waals surface area contributed by atoms with E-state index >= 15 is 0 Å². The molecule has 1 aliphatic heterocycles. The van der Waals surface area contributed by atoms with Crippen LogP contribution in [0, 0.1) is 5.92 Å². The van der Waals surface area contributed by atoms with Crippen molar-refractivity contribution >= 4 is 11.7 Å². The minimum atomic E-state index is 0.321. The average molecular weight is 314 g/mol. The number of rotatable bonds is 4. The summed E-state index contributed by atoms with van der Waals surface area (Å²) in [5.41, 5.74) is 2.54. The summed E-state index contributed by atoms with van der Waals surface area (Å²) in [7, 11) is 1.97. The summed E-state index contributed by atoms with van der Waals surface area (Å²) in [6, 6.07) is 2.53. The quantitative estimate of drug-likeness (QED) is 0.855. The Morgan fingerprint density at radius 3 is 2.78 bits per heavy atom. The number of fused-ring (bicyclic) bond motifs is 1. The van der Waals surface area contributed by atoms with Crippen molar-refractivity contribution in [3.63, 3.8) is 0 Å². The lowest BCUT2D eigenvalue weighted by Gasteiger charge is -2.44. The molecular formula is C18H26N4O. The van der Waals surface area contributed by atoms with E-state index < -0.39 is 0 Å². The first kappa shape index (κ1) is 14.9. The van der Waals surface area contributed by atoms with Crippen molar-refractivity contribution in [2.75, 3.05) is 25.0 Å². The molecule has 2 aliphatic carbocycles. The summed E-state index contributed by atoms with van der Waals surface area (Å²) in [6.07, 6.45) is 9.23. The van der Waals surface area contributed by atoms with E-state index in [0.717, 1.165) is 38.2 Å². The molecule has 0 N–H and O–H groups in total. The maximum absolute atomic E-state index is 12.4. The zero-order valence-electron chi connectivity index (χ0n) is 14.0. The van der Waals surface area contributed by atoms with Gasteiger partial charge in [-0.05, 0) is 49.7 Å². The van der Waals surface area contributed by atoms with Gasteiger partial charge in [0.05, 0.1) is 11.7 Å². The van der Waals surface area contributed by atoms with Gasteiger partial charge < -0.3 is 9.80 Å². The summed E-state index contributed by atoms with van der Waals surface area (Å²) in [5, 5.41) is 8.73. The highest BCUT2D eigenvalue weighted by Crippen LogP contribution is 2.30. The van der Waals surface area contributed by atoms with Crippen LogP contribution < -0.4 is 4.90 Å². The lowest BCUT2D eigenvalue weighted by molar-refractivity contribution is -0.133. The van der Waals surface area contributed by atoms with Crippen LogP contribution in [-0.4, -0.2) is 47.2 Å². The van der Waals surface area contributed by atoms with Crippen molar-refractivity contribution in [2.24, 2.45) is 5.92 Å². The Kier molecular flexibility index (Phi) is 3.95. The molecule has 1 saturated heterocycles. The molecule has 0 aromatic carbocycles. The van der Waals surface area contributed by atoms with Crippen LogP contribution in [0.3, 0.4) is 0 Å². The summed E-state index contributed by atoms with van der Waals surface area (Å²) < 4.78 is 0. The zero-order valence-corrected chi connectivity index (χ0v) is 14.0. The van der Waals surface area contributed by atoms with Crippen molar-refractivity contribution in [1.82, 2.24) is 15.1 Å². The third-order valence-corrected chi connectivity index (χ3v) is 5.87. The Hall–Kier alpha value is -1.65. The van der Waals surface area contributed by atoms with Crippen LogP contribution in [0.4, 0.5) is 5.82 Å². The fourth-order valence-electron chi connectivity index (χ4n) is 4.17. The van der Waals surface area contributed by atoms with Crippen LogP contribution in [0.2, 0.25) is 0 Å². The van der Waals surface area contributed by atoms with E-state index in [2.05, 4.69) is 21.2 Å². The number of carbonyl (C=O) groups is 1. The van der Waals surface area contributed by atoms with E-state index in [9.17, 15) is 4.79 Å². The standard InChI is InChI=1S/C18H26N4O/c1-21(18(23)9-13-5-2-3-6-13)15-11-22(12-15)17-10-14-7-4-8-16(14)19-20-17/h10,13,15H,2-9,11-12H2,1H3. The largest absolute Gasteiger partial charge is 0.351 e. The van der Waals surface area contributed by atoms with Crippen molar-refractivity contribution in [2.45, 2.75) is 57.4 Å². The molecule has 23 heavy (non-hydrogen) atoms. The molecule has 5 heteroatoms. The van der Waals surface area contributed by atoms with Gasteiger partial charge in [0, 0.05) is 26.6 Å². The number of nitrogens with zero attached hydrogens (tertiary/aromatic N) is 4. The van der Waals surface area contributed by atoms with Crippen LogP contribution in [0.1, 0.15) is 49.8 Å². The predicted molar refractivity (Wildman–Crippen MR) is 89.4 cm³/mol. The topological polar surface area (TPSA) is 49.3 Å². The molecule has 0 atom stereocenters. The van der Waals surface area contributed by atoms with Crippen LogP contribution in [-0.2, 0) is 17.6 Å².